The number of terminal acetylenes is 1. The van der Waals surface area contributed by atoms with E-state index in [0.29, 0.717) is 18.2 Å². The van der Waals surface area contributed by atoms with Crippen molar-refractivity contribution >= 4 is 17.6 Å². The zero-order chi connectivity index (χ0) is 16.8. The fourth-order valence-corrected chi connectivity index (χ4v) is 2.62. The van der Waals surface area contributed by atoms with Gasteiger partial charge in [-0.25, -0.2) is 9.59 Å². The fraction of sp³-hybridized carbons (Fsp3) is 0.312. The fourth-order valence-electron chi connectivity index (χ4n) is 2.62. The molecule has 0 aliphatic carbocycles. The number of carboxylic acids is 2. The topological polar surface area (TPSA) is 103 Å². The van der Waals surface area contributed by atoms with Crippen molar-refractivity contribution in [1.29, 1.82) is 0 Å². The van der Waals surface area contributed by atoms with E-state index in [1.807, 2.05) is 12.3 Å². The summed E-state index contributed by atoms with van der Waals surface area (Å²) in [7, 11) is 0. The number of hydrogen-bond donors (Lipinski definition) is 3. The standard InChI is InChI=1S/C12H13N3.C4H4O4/c1-2-9-3-11(6-13-4-9)15-8-10-5-14-7-12(10)15;5-3(6)1-2-4(7)8/h1,3-4,6,10,12,14H,5,7-8H2;1-2H,(H,5,6)(H,7,8)/b;2-1+/t10-,12-;/m0./s1. The molecule has 120 valence electrons. The Kier molecular flexibility index (Phi) is 5.33. The minimum Gasteiger partial charge on any atom is -0.478 e. The van der Waals surface area contributed by atoms with Crippen LogP contribution in [0.3, 0.4) is 0 Å². The van der Waals surface area contributed by atoms with Crippen molar-refractivity contribution in [1.82, 2.24) is 10.3 Å². The van der Waals surface area contributed by atoms with Gasteiger partial charge in [0.2, 0.25) is 0 Å². The van der Waals surface area contributed by atoms with Crippen LogP contribution in [0.15, 0.2) is 30.6 Å². The molecule has 2 saturated heterocycles. The van der Waals surface area contributed by atoms with Gasteiger partial charge in [-0.1, -0.05) is 5.92 Å². The summed E-state index contributed by atoms with van der Waals surface area (Å²) in [6.07, 6.45) is 10.1. The lowest BCUT2D eigenvalue weighted by atomic mass is 9.91. The van der Waals surface area contributed by atoms with E-state index < -0.39 is 11.9 Å². The Bertz CT molecular complexity index is 650. The molecule has 2 aliphatic heterocycles. The molecular weight excluding hydrogens is 298 g/mol. The maximum absolute atomic E-state index is 9.55. The van der Waals surface area contributed by atoms with E-state index in [9.17, 15) is 9.59 Å². The molecule has 0 aromatic carbocycles. The van der Waals surface area contributed by atoms with E-state index in [1.165, 1.54) is 0 Å². The van der Waals surface area contributed by atoms with E-state index in [4.69, 9.17) is 16.6 Å². The Labute approximate surface area is 133 Å². The predicted octanol–water partition coefficient (Wildman–Crippen LogP) is 0.183. The van der Waals surface area contributed by atoms with Gasteiger partial charge in [0.1, 0.15) is 0 Å². The van der Waals surface area contributed by atoms with Crippen LogP contribution in [0.5, 0.6) is 0 Å². The van der Waals surface area contributed by atoms with Crippen LogP contribution in [0.2, 0.25) is 0 Å². The Morgan fingerprint density at radius 1 is 1.30 bits per heavy atom. The van der Waals surface area contributed by atoms with Gasteiger partial charge in [-0.2, -0.15) is 0 Å². The highest BCUT2D eigenvalue weighted by Crippen LogP contribution is 2.32. The van der Waals surface area contributed by atoms with Crippen molar-refractivity contribution < 1.29 is 19.8 Å². The number of rotatable bonds is 3. The summed E-state index contributed by atoms with van der Waals surface area (Å²) in [5.41, 5.74) is 2.03. The molecule has 2 aliphatic rings. The van der Waals surface area contributed by atoms with E-state index >= 15 is 0 Å². The number of pyridine rings is 1. The number of carbonyl (C=O) groups is 2. The maximum Gasteiger partial charge on any atom is 0.328 e. The van der Waals surface area contributed by atoms with Gasteiger partial charge in [0.05, 0.1) is 11.9 Å². The van der Waals surface area contributed by atoms with Crippen molar-refractivity contribution in [3.05, 3.63) is 36.2 Å². The van der Waals surface area contributed by atoms with Gasteiger partial charge in [-0.15, -0.1) is 6.42 Å². The third kappa shape index (κ3) is 4.31. The van der Waals surface area contributed by atoms with Crippen molar-refractivity contribution in [3.63, 3.8) is 0 Å². The van der Waals surface area contributed by atoms with Gasteiger partial charge in [-0.3, -0.25) is 4.98 Å². The second kappa shape index (κ2) is 7.42. The number of aliphatic carboxylic acids is 2. The number of fused-ring (bicyclic) bond motifs is 1. The average molecular weight is 315 g/mol. The Morgan fingerprint density at radius 3 is 2.57 bits per heavy atom. The molecule has 2 fully saturated rings. The summed E-state index contributed by atoms with van der Waals surface area (Å²) in [6, 6.07) is 2.70. The second-order valence-electron chi connectivity index (χ2n) is 5.22. The van der Waals surface area contributed by atoms with Crippen molar-refractivity contribution in [2.75, 3.05) is 24.5 Å². The van der Waals surface area contributed by atoms with Crippen LogP contribution in [-0.2, 0) is 9.59 Å². The number of nitrogens with zero attached hydrogens (tertiary/aromatic N) is 2. The van der Waals surface area contributed by atoms with Gasteiger partial charge in [0.15, 0.2) is 0 Å². The minimum absolute atomic E-state index is 0.558. The molecule has 23 heavy (non-hydrogen) atoms. The lowest BCUT2D eigenvalue weighted by Crippen LogP contribution is -2.55. The monoisotopic (exact) mass is 315 g/mol. The molecule has 7 nitrogen and oxygen atoms in total. The van der Waals surface area contributed by atoms with Crippen LogP contribution < -0.4 is 10.2 Å². The molecule has 0 radical (unpaired) electrons. The van der Waals surface area contributed by atoms with Crippen LogP contribution in [0.25, 0.3) is 0 Å². The molecule has 3 N–H and O–H groups in total. The van der Waals surface area contributed by atoms with E-state index in [-0.39, 0.29) is 0 Å². The number of nitrogens with one attached hydrogen (secondary N) is 1. The minimum atomic E-state index is -1.26. The van der Waals surface area contributed by atoms with Gasteiger partial charge in [-0.05, 0) is 6.07 Å². The third-order valence-corrected chi connectivity index (χ3v) is 3.73. The normalized spacial score (nSPS) is 21.6. The van der Waals surface area contributed by atoms with Crippen molar-refractivity contribution in [3.8, 4) is 12.3 Å². The zero-order valence-corrected chi connectivity index (χ0v) is 12.3. The molecule has 7 heteroatoms. The first-order valence-corrected chi connectivity index (χ1v) is 7.04. The first-order chi connectivity index (χ1) is 11.0. The summed E-state index contributed by atoms with van der Waals surface area (Å²) >= 11 is 0. The molecule has 0 unspecified atom stereocenters. The SMILES string of the molecule is C#Cc1cncc(N2C[C@@H]3CNC[C@@H]32)c1.O=C(O)/C=C/C(=O)O. The molecular formula is C16H17N3O4. The molecule has 0 bridgehead atoms. The number of anilines is 1. The highest BCUT2D eigenvalue weighted by atomic mass is 16.4. The first-order valence-electron chi connectivity index (χ1n) is 7.04. The summed E-state index contributed by atoms with van der Waals surface area (Å²) in [4.78, 5) is 25.7. The summed E-state index contributed by atoms with van der Waals surface area (Å²) in [6.45, 7) is 3.38. The molecule has 0 amide bonds. The molecule has 0 spiro atoms. The lowest BCUT2D eigenvalue weighted by Gasteiger charge is -2.45. The Morgan fingerprint density at radius 2 is 2.00 bits per heavy atom. The van der Waals surface area contributed by atoms with E-state index in [0.717, 1.165) is 36.8 Å². The van der Waals surface area contributed by atoms with Crippen LogP contribution in [0.4, 0.5) is 5.69 Å². The smallest absolute Gasteiger partial charge is 0.328 e. The molecule has 3 heterocycles. The molecule has 1 aromatic rings. The second-order valence-corrected chi connectivity index (χ2v) is 5.22. The third-order valence-electron chi connectivity index (χ3n) is 3.73. The Balaban J connectivity index is 0.000000207. The highest BCUT2D eigenvalue weighted by Gasteiger charge is 2.42. The van der Waals surface area contributed by atoms with Gasteiger partial charge >= 0.3 is 11.9 Å². The van der Waals surface area contributed by atoms with E-state index in [1.54, 1.807) is 6.20 Å². The number of hydrogen-bond acceptors (Lipinski definition) is 5. The molecule has 1 aromatic heterocycles. The van der Waals surface area contributed by atoms with Crippen LogP contribution in [-0.4, -0.2) is 52.8 Å². The van der Waals surface area contributed by atoms with Crippen LogP contribution in [0, 0.1) is 18.3 Å². The lowest BCUT2D eigenvalue weighted by molar-refractivity contribution is -0.134. The highest BCUT2D eigenvalue weighted by molar-refractivity contribution is 5.89. The van der Waals surface area contributed by atoms with E-state index in [2.05, 4.69) is 21.1 Å². The molecule has 2 atom stereocenters. The van der Waals surface area contributed by atoms with Crippen molar-refractivity contribution in [2.45, 2.75) is 6.04 Å². The van der Waals surface area contributed by atoms with Crippen LogP contribution >= 0.6 is 0 Å². The number of aromatic nitrogens is 1. The first kappa shape index (κ1) is 16.5. The van der Waals surface area contributed by atoms with Gasteiger partial charge in [0.25, 0.3) is 0 Å². The summed E-state index contributed by atoms with van der Waals surface area (Å²) in [5, 5.41) is 19.0. The summed E-state index contributed by atoms with van der Waals surface area (Å²) in [5.74, 6) is 0.930. The van der Waals surface area contributed by atoms with Gasteiger partial charge in [0, 0.05) is 55.5 Å². The quantitative estimate of drug-likeness (QED) is 0.540. The zero-order valence-electron chi connectivity index (χ0n) is 12.3. The summed E-state index contributed by atoms with van der Waals surface area (Å²) < 4.78 is 0. The predicted molar refractivity (Wildman–Crippen MR) is 84.1 cm³/mol. The molecule has 0 saturated carbocycles. The van der Waals surface area contributed by atoms with Crippen LogP contribution in [0.1, 0.15) is 5.56 Å². The average Bonchev–Trinajstić information content (AvgIpc) is 2.87. The molecule has 3 rings (SSSR count). The largest absolute Gasteiger partial charge is 0.478 e. The Hall–Kier alpha value is -2.85. The maximum atomic E-state index is 9.55. The van der Waals surface area contributed by atoms with Gasteiger partial charge < -0.3 is 20.4 Å². The van der Waals surface area contributed by atoms with Crippen molar-refractivity contribution in [2.24, 2.45) is 5.92 Å². The number of carboxylic acid groups (broad SMARTS) is 2.